The summed E-state index contributed by atoms with van der Waals surface area (Å²) in [4.78, 5) is 31.7. The van der Waals surface area contributed by atoms with Crippen LogP contribution in [0.4, 0.5) is 0 Å². The molecule has 1 N–H and O–H groups in total. The van der Waals surface area contributed by atoms with E-state index in [4.69, 9.17) is 0 Å². The van der Waals surface area contributed by atoms with Gasteiger partial charge in [0.1, 0.15) is 11.4 Å². The van der Waals surface area contributed by atoms with Crippen molar-refractivity contribution in [2.24, 2.45) is 0 Å². The van der Waals surface area contributed by atoms with E-state index in [1.54, 1.807) is 11.3 Å². The molecule has 0 radical (unpaired) electrons. The van der Waals surface area contributed by atoms with Gasteiger partial charge in [-0.1, -0.05) is 25.7 Å². The van der Waals surface area contributed by atoms with Crippen LogP contribution in [0.1, 0.15) is 55.4 Å². The van der Waals surface area contributed by atoms with Crippen LogP contribution in [0.3, 0.4) is 0 Å². The maximum atomic E-state index is 12.8. The third-order valence-electron chi connectivity index (χ3n) is 5.23. The number of hydrogen-bond acceptors (Lipinski definition) is 4. The average molecular weight is 345 g/mol. The lowest BCUT2D eigenvalue weighted by molar-refractivity contribution is -0.122. The Morgan fingerprint density at radius 1 is 1.21 bits per heavy atom. The lowest BCUT2D eigenvalue weighted by Crippen LogP contribution is -2.38. The van der Waals surface area contributed by atoms with Gasteiger partial charge in [0.05, 0.1) is 11.7 Å². The van der Waals surface area contributed by atoms with E-state index < -0.39 is 0 Å². The van der Waals surface area contributed by atoms with Gasteiger partial charge in [-0.15, -0.1) is 11.3 Å². The fourth-order valence-corrected chi connectivity index (χ4v) is 5.20. The van der Waals surface area contributed by atoms with Crippen LogP contribution in [0, 0.1) is 0 Å². The largest absolute Gasteiger partial charge is 0.352 e. The van der Waals surface area contributed by atoms with Crippen LogP contribution in [0.15, 0.2) is 11.1 Å². The van der Waals surface area contributed by atoms with Gasteiger partial charge < -0.3 is 5.32 Å². The number of fused-ring (bicyclic) bond motifs is 3. The highest BCUT2D eigenvalue weighted by Gasteiger charge is 2.22. The Balaban J connectivity index is 1.53. The van der Waals surface area contributed by atoms with Crippen molar-refractivity contribution in [3.63, 3.8) is 0 Å². The molecule has 0 aliphatic heterocycles. The predicted molar refractivity (Wildman–Crippen MR) is 95.5 cm³/mol. The molecule has 1 amide bonds. The normalized spacial score (nSPS) is 18.5. The zero-order valence-electron chi connectivity index (χ0n) is 13.8. The fourth-order valence-electron chi connectivity index (χ4n) is 3.98. The van der Waals surface area contributed by atoms with Crippen LogP contribution >= 0.6 is 11.3 Å². The molecule has 6 heteroatoms. The summed E-state index contributed by atoms with van der Waals surface area (Å²) >= 11 is 1.63. The Morgan fingerprint density at radius 3 is 2.79 bits per heavy atom. The van der Waals surface area contributed by atoms with E-state index in [-0.39, 0.29) is 24.1 Å². The molecule has 128 valence electrons. The Hall–Kier alpha value is -1.69. The minimum absolute atomic E-state index is 0.0598. The van der Waals surface area contributed by atoms with Crippen molar-refractivity contribution < 1.29 is 4.79 Å². The van der Waals surface area contributed by atoms with Gasteiger partial charge in [-0.3, -0.25) is 14.2 Å². The van der Waals surface area contributed by atoms with Crippen LogP contribution in [0.5, 0.6) is 0 Å². The quantitative estimate of drug-likeness (QED) is 0.870. The second kappa shape index (κ2) is 6.67. The van der Waals surface area contributed by atoms with Crippen molar-refractivity contribution in [3.05, 3.63) is 27.1 Å². The molecule has 0 saturated heterocycles. The number of nitrogens with one attached hydrogen (secondary N) is 1. The highest BCUT2D eigenvalue weighted by atomic mass is 32.1. The molecule has 2 heterocycles. The lowest BCUT2D eigenvalue weighted by atomic mass is 10.1. The number of nitrogens with zero attached hydrogens (tertiary/aromatic N) is 2. The van der Waals surface area contributed by atoms with Crippen molar-refractivity contribution in [2.45, 2.75) is 70.4 Å². The smallest absolute Gasteiger partial charge is 0.262 e. The van der Waals surface area contributed by atoms with Crippen LogP contribution in [0.25, 0.3) is 10.2 Å². The molecule has 5 nitrogen and oxygen atoms in total. The first-order valence-electron chi connectivity index (χ1n) is 9.01. The first-order valence-corrected chi connectivity index (χ1v) is 9.83. The summed E-state index contributed by atoms with van der Waals surface area (Å²) in [5.74, 6) is -0.0722. The molecule has 0 bridgehead atoms. The average Bonchev–Trinajstić information content (AvgIpc) is 3.04. The van der Waals surface area contributed by atoms with Gasteiger partial charge >= 0.3 is 0 Å². The van der Waals surface area contributed by atoms with Gasteiger partial charge in [0.2, 0.25) is 5.91 Å². The molecule has 0 atom stereocenters. The van der Waals surface area contributed by atoms with Crippen molar-refractivity contribution in [1.82, 2.24) is 14.9 Å². The summed E-state index contributed by atoms with van der Waals surface area (Å²) in [6.45, 7) is 0.0723. The second-order valence-electron chi connectivity index (χ2n) is 6.97. The monoisotopic (exact) mass is 345 g/mol. The summed E-state index contributed by atoms with van der Waals surface area (Å²) < 4.78 is 1.47. The summed E-state index contributed by atoms with van der Waals surface area (Å²) in [5.41, 5.74) is 1.11. The van der Waals surface area contributed by atoms with Gasteiger partial charge in [0.15, 0.2) is 0 Å². The van der Waals surface area contributed by atoms with Crippen molar-refractivity contribution >= 4 is 27.5 Å². The molecule has 2 aromatic rings. The SMILES string of the molecule is O=C(Cn1cnc2sc3c(c2c1=O)CCC3)NC1CCCCCC1. The number of thiophene rings is 1. The standard InChI is InChI=1S/C18H23N3O2S/c22-15(20-12-6-3-1-2-4-7-12)10-21-11-19-17-16(18(21)23)13-8-5-9-14(13)24-17/h11-12H,1-10H2,(H,20,22). The van der Waals surface area contributed by atoms with E-state index in [1.165, 1.54) is 47.0 Å². The zero-order valence-corrected chi connectivity index (χ0v) is 14.7. The number of aromatic nitrogens is 2. The van der Waals surface area contributed by atoms with Crippen LogP contribution in [0.2, 0.25) is 0 Å². The van der Waals surface area contributed by atoms with Crippen molar-refractivity contribution in [1.29, 1.82) is 0 Å². The second-order valence-corrected chi connectivity index (χ2v) is 8.05. The molecular weight excluding hydrogens is 322 g/mol. The van der Waals surface area contributed by atoms with Crippen LogP contribution in [-0.4, -0.2) is 21.5 Å². The molecule has 0 unspecified atom stereocenters. The molecule has 0 spiro atoms. The first kappa shape index (κ1) is 15.8. The lowest BCUT2D eigenvalue weighted by Gasteiger charge is -2.16. The number of hydrogen-bond donors (Lipinski definition) is 1. The van der Waals surface area contributed by atoms with E-state index in [0.29, 0.717) is 0 Å². The Kier molecular flexibility index (Phi) is 4.39. The van der Waals surface area contributed by atoms with E-state index in [2.05, 4.69) is 10.3 Å². The predicted octanol–water partition coefficient (Wildman–Crippen LogP) is 2.79. The zero-order chi connectivity index (χ0) is 16.5. The fraction of sp³-hybridized carbons (Fsp3) is 0.611. The highest BCUT2D eigenvalue weighted by Crippen LogP contribution is 2.34. The van der Waals surface area contributed by atoms with Crippen molar-refractivity contribution in [3.8, 4) is 0 Å². The van der Waals surface area contributed by atoms with E-state index in [0.717, 1.165) is 42.3 Å². The number of amides is 1. The maximum Gasteiger partial charge on any atom is 0.262 e. The third-order valence-corrected chi connectivity index (χ3v) is 6.43. The Morgan fingerprint density at radius 2 is 2.00 bits per heavy atom. The number of aryl methyl sites for hydroxylation is 2. The summed E-state index contributed by atoms with van der Waals surface area (Å²) in [6.07, 6.45) is 11.6. The van der Waals surface area contributed by atoms with Gasteiger partial charge in [-0.25, -0.2) is 4.98 Å². The molecule has 4 rings (SSSR count). The molecule has 24 heavy (non-hydrogen) atoms. The summed E-state index contributed by atoms with van der Waals surface area (Å²) in [5, 5.41) is 3.85. The van der Waals surface area contributed by atoms with E-state index >= 15 is 0 Å². The topological polar surface area (TPSA) is 64.0 Å². The van der Waals surface area contributed by atoms with Crippen LogP contribution < -0.4 is 10.9 Å². The van der Waals surface area contributed by atoms with Gasteiger partial charge in [-0.2, -0.15) is 0 Å². The number of carbonyl (C=O) groups is 1. The minimum atomic E-state index is -0.0722. The summed E-state index contributed by atoms with van der Waals surface area (Å²) in [7, 11) is 0. The molecule has 2 aliphatic carbocycles. The minimum Gasteiger partial charge on any atom is -0.352 e. The van der Waals surface area contributed by atoms with Crippen molar-refractivity contribution in [2.75, 3.05) is 0 Å². The first-order chi connectivity index (χ1) is 11.7. The molecule has 2 aromatic heterocycles. The van der Waals surface area contributed by atoms with Gasteiger partial charge in [-0.05, 0) is 37.7 Å². The van der Waals surface area contributed by atoms with E-state index in [9.17, 15) is 9.59 Å². The molecule has 2 aliphatic rings. The van der Waals surface area contributed by atoms with E-state index in [1.807, 2.05) is 0 Å². The maximum absolute atomic E-state index is 12.8. The van der Waals surface area contributed by atoms with Gasteiger partial charge in [0, 0.05) is 10.9 Å². The molecule has 1 saturated carbocycles. The highest BCUT2D eigenvalue weighted by molar-refractivity contribution is 7.18. The van der Waals surface area contributed by atoms with Crippen LogP contribution in [-0.2, 0) is 24.2 Å². The summed E-state index contributed by atoms with van der Waals surface area (Å²) in [6, 6.07) is 0.262. The number of carbonyl (C=O) groups excluding carboxylic acids is 1. The Labute approximate surface area is 145 Å². The van der Waals surface area contributed by atoms with Gasteiger partial charge in [0.25, 0.3) is 5.56 Å². The molecule has 1 fully saturated rings. The molecular formula is C18H23N3O2S. The number of rotatable bonds is 3. The Bertz CT molecular complexity index is 816. The third kappa shape index (κ3) is 2.99. The molecule has 0 aromatic carbocycles.